The molecule has 0 saturated carbocycles. The molecule has 8 heteroatoms. The summed E-state index contributed by atoms with van der Waals surface area (Å²) >= 11 is 0. The van der Waals surface area contributed by atoms with E-state index in [1.165, 1.54) is 11.1 Å². The Morgan fingerprint density at radius 2 is 2.08 bits per heavy atom. The van der Waals surface area contributed by atoms with Crippen molar-refractivity contribution in [2.45, 2.75) is 38.0 Å². The zero-order valence-corrected chi connectivity index (χ0v) is 14.6. The smallest absolute Gasteiger partial charge is 0.225 e. The number of amides is 1. The van der Waals surface area contributed by atoms with Crippen LogP contribution in [0.4, 0.5) is 0 Å². The third-order valence-corrected chi connectivity index (χ3v) is 6.70. The fraction of sp³-hybridized carbons (Fsp3) is 0.471. The highest BCUT2D eigenvalue weighted by atomic mass is 32.2. The Kier molecular flexibility index (Phi) is 3.87. The fourth-order valence-corrected chi connectivity index (χ4v) is 5.48. The van der Waals surface area contributed by atoms with Crippen LogP contribution in [0.5, 0.6) is 0 Å². The van der Waals surface area contributed by atoms with Gasteiger partial charge in [0.15, 0.2) is 15.7 Å². The molecule has 1 saturated heterocycles. The van der Waals surface area contributed by atoms with Crippen LogP contribution in [-0.4, -0.2) is 40.6 Å². The molecule has 2 aromatic rings. The molecular weight excluding hydrogens is 340 g/mol. The second kappa shape index (κ2) is 5.94. The van der Waals surface area contributed by atoms with E-state index in [0.717, 1.165) is 24.9 Å². The van der Waals surface area contributed by atoms with Gasteiger partial charge in [0.05, 0.1) is 23.6 Å². The Morgan fingerprint density at radius 1 is 1.28 bits per heavy atom. The van der Waals surface area contributed by atoms with E-state index in [4.69, 9.17) is 5.73 Å². The van der Waals surface area contributed by atoms with Gasteiger partial charge < -0.3 is 5.73 Å². The number of fused-ring (bicyclic) bond motifs is 1. The SMILES string of the molecule is NC(=O)Cc1nc(C2CCS(=O)(=O)C2)n(-c2ccc3c(c2)CCC3)n1. The molecule has 25 heavy (non-hydrogen) atoms. The molecule has 1 amide bonds. The largest absolute Gasteiger partial charge is 0.369 e. The number of nitrogens with two attached hydrogens (primary N) is 1. The molecule has 2 N–H and O–H groups in total. The second-order valence-corrected chi connectivity index (χ2v) is 9.08. The molecule has 1 aliphatic carbocycles. The quantitative estimate of drug-likeness (QED) is 0.863. The van der Waals surface area contributed by atoms with E-state index < -0.39 is 15.7 Å². The van der Waals surface area contributed by atoms with Crippen molar-refractivity contribution in [3.05, 3.63) is 41.0 Å². The van der Waals surface area contributed by atoms with Crippen LogP contribution in [0.2, 0.25) is 0 Å². The number of carbonyl (C=O) groups excluding carboxylic acids is 1. The van der Waals surface area contributed by atoms with Gasteiger partial charge in [-0.1, -0.05) is 6.07 Å². The summed E-state index contributed by atoms with van der Waals surface area (Å²) in [5.41, 5.74) is 8.79. The lowest BCUT2D eigenvalue weighted by Crippen LogP contribution is -2.14. The van der Waals surface area contributed by atoms with Gasteiger partial charge in [0, 0.05) is 5.92 Å². The standard InChI is InChI=1S/C17H20N4O3S/c18-15(22)9-16-19-17(13-6-7-25(23,24)10-13)21(20-16)14-5-4-11-2-1-3-12(11)8-14/h4-5,8,13H,1-3,6-7,9-10H2,(H2,18,22). The summed E-state index contributed by atoms with van der Waals surface area (Å²) in [5, 5.41) is 4.45. The van der Waals surface area contributed by atoms with Crippen molar-refractivity contribution < 1.29 is 13.2 Å². The molecule has 7 nitrogen and oxygen atoms in total. The first-order valence-electron chi connectivity index (χ1n) is 8.48. The summed E-state index contributed by atoms with van der Waals surface area (Å²) < 4.78 is 25.4. The Bertz CT molecular complexity index is 949. The third kappa shape index (κ3) is 3.18. The van der Waals surface area contributed by atoms with Crippen LogP contribution in [0.25, 0.3) is 5.69 Å². The number of aromatic nitrogens is 3. The summed E-state index contributed by atoms with van der Waals surface area (Å²) in [6.45, 7) is 0. The molecule has 0 bridgehead atoms. The summed E-state index contributed by atoms with van der Waals surface area (Å²) in [7, 11) is -3.04. The lowest BCUT2D eigenvalue weighted by molar-refractivity contribution is -0.117. The molecule has 0 spiro atoms. The number of sulfone groups is 1. The zero-order valence-electron chi connectivity index (χ0n) is 13.8. The average molecular weight is 360 g/mol. The van der Waals surface area contributed by atoms with Gasteiger partial charge in [0.2, 0.25) is 5.91 Å². The third-order valence-electron chi connectivity index (χ3n) is 4.93. The van der Waals surface area contributed by atoms with Crippen molar-refractivity contribution in [1.82, 2.24) is 14.8 Å². The van der Waals surface area contributed by atoms with Gasteiger partial charge in [-0.05, 0) is 48.9 Å². The Labute approximate surface area is 146 Å². The van der Waals surface area contributed by atoms with E-state index in [-0.39, 0.29) is 23.8 Å². The molecule has 1 aromatic heterocycles. The number of benzene rings is 1. The predicted molar refractivity (Wildman–Crippen MR) is 92.3 cm³/mol. The first-order chi connectivity index (χ1) is 11.9. The number of aryl methyl sites for hydroxylation is 2. The van der Waals surface area contributed by atoms with Crippen molar-refractivity contribution in [3.8, 4) is 5.69 Å². The molecule has 132 valence electrons. The lowest BCUT2D eigenvalue weighted by atomic mass is 10.1. The monoisotopic (exact) mass is 360 g/mol. The van der Waals surface area contributed by atoms with E-state index in [2.05, 4.69) is 22.2 Å². The van der Waals surface area contributed by atoms with E-state index in [1.54, 1.807) is 4.68 Å². The van der Waals surface area contributed by atoms with Gasteiger partial charge in [-0.2, -0.15) is 5.10 Å². The highest BCUT2D eigenvalue weighted by molar-refractivity contribution is 7.91. The van der Waals surface area contributed by atoms with E-state index >= 15 is 0 Å². The fourth-order valence-electron chi connectivity index (χ4n) is 3.74. The van der Waals surface area contributed by atoms with Crippen LogP contribution < -0.4 is 5.73 Å². The minimum absolute atomic E-state index is 0.0512. The first-order valence-corrected chi connectivity index (χ1v) is 10.3. The molecule has 1 atom stereocenters. The molecule has 1 aromatic carbocycles. The minimum Gasteiger partial charge on any atom is -0.369 e. The van der Waals surface area contributed by atoms with E-state index in [9.17, 15) is 13.2 Å². The molecule has 0 radical (unpaired) electrons. The number of hydrogen-bond acceptors (Lipinski definition) is 5. The first kappa shape index (κ1) is 16.3. The van der Waals surface area contributed by atoms with E-state index in [0.29, 0.717) is 18.1 Å². The zero-order chi connectivity index (χ0) is 17.6. The topological polar surface area (TPSA) is 108 Å². The number of rotatable bonds is 4. The summed E-state index contributed by atoms with van der Waals surface area (Å²) in [6, 6.07) is 6.18. The van der Waals surface area contributed by atoms with Crippen molar-refractivity contribution in [2.75, 3.05) is 11.5 Å². The molecule has 1 fully saturated rings. The van der Waals surface area contributed by atoms with Crippen LogP contribution in [0.3, 0.4) is 0 Å². The summed E-state index contributed by atoms with van der Waals surface area (Å²) in [4.78, 5) is 15.7. The van der Waals surface area contributed by atoms with Gasteiger partial charge in [-0.3, -0.25) is 4.79 Å². The average Bonchev–Trinajstić information content (AvgIpc) is 3.23. The number of primary amides is 1. The maximum atomic E-state index is 11.9. The minimum atomic E-state index is -3.04. The summed E-state index contributed by atoms with van der Waals surface area (Å²) in [6.07, 6.45) is 3.76. The van der Waals surface area contributed by atoms with Crippen molar-refractivity contribution in [3.63, 3.8) is 0 Å². The number of nitrogens with zero attached hydrogens (tertiary/aromatic N) is 3. The lowest BCUT2D eigenvalue weighted by Gasteiger charge is -2.11. The number of hydrogen-bond donors (Lipinski definition) is 1. The Morgan fingerprint density at radius 3 is 2.80 bits per heavy atom. The molecule has 2 aliphatic rings. The van der Waals surface area contributed by atoms with Gasteiger partial charge in [-0.25, -0.2) is 18.1 Å². The maximum absolute atomic E-state index is 11.9. The molecule has 2 heterocycles. The van der Waals surface area contributed by atoms with Gasteiger partial charge in [0.1, 0.15) is 5.82 Å². The van der Waals surface area contributed by atoms with Gasteiger partial charge >= 0.3 is 0 Å². The highest BCUT2D eigenvalue weighted by Gasteiger charge is 2.33. The molecule has 1 aliphatic heterocycles. The van der Waals surface area contributed by atoms with Crippen molar-refractivity contribution in [1.29, 1.82) is 0 Å². The van der Waals surface area contributed by atoms with Crippen LogP contribution in [0.1, 0.15) is 41.5 Å². The van der Waals surface area contributed by atoms with Crippen LogP contribution in [0, 0.1) is 0 Å². The van der Waals surface area contributed by atoms with E-state index in [1.807, 2.05) is 6.07 Å². The predicted octanol–water partition coefficient (Wildman–Crippen LogP) is 0.686. The van der Waals surface area contributed by atoms with Gasteiger partial charge in [-0.15, -0.1) is 0 Å². The van der Waals surface area contributed by atoms with Crippen molar-refractivity contribution >= 4 is 15.7 Å². The molecule has 1 unspecified atom stereocenters. The maximum Gasteiger partial charge on any atom is 0.225 e. The van der Waals surface area contributed by atoms with Crippen molar-refractivity contribution in [2.24, 2.45) is 5.73 Å². The summed E-state index contributed by atoms with van der Waals surface area (Å²) in [5.74, 6) is 0.485. The Balaban J connectivity index is 1.77. The van der Waals surface area contributed by atoms with Crippen LogP contribution in [-0.2, 0) is 33.9 Å². The van der Waals surface area contributed by atoms with Crippen LogP contribution >= 0.6 is 0 Å². The normalized spacial score (nSPS) is 21.4. The highest BCUT2D eigenvalue weighted by Crippen LogP contribution is 2.31. The Hall–Kier alpha value is -2.22. The molecule has 4 rings (SSSR count). The molecular formula is C17H20N4O3S. The van der Waals surface area contributed by atoms with Crippen LogP contribution in [0.15, 0.2) is 18.2 Å². The second-order valence-electron chi connectivity index (χ2n) is 6.85. The van der Waals surface area contributed by atoms with Gasteiger partial charge in [0.25, 0.3) is 0 Å². The number of carbonyl (C=O) groups is 1.